The highest BCUT2D eigenvalue weighted by Gasteiger charge is 2.35. The molecule has 3 heterocycles. The molecule has 3 aliphatic heterocycles. The van der Waals surface area contributed by atoms with Crippen LogP contribution in [0, 0.1) is 22.7 Å². The van der Waals surface area contributed by atoms with E-state index >= 15 is 0 Å². The van der Waals surface area contributed by atoms with Crippen molar-refractivity contribution in [2.24, 2.45) is 0 Å². The van der Waals surface area contributed by atoms with E-state index in [2.05, 4.69) is 45.6 Å². The molecule has 3 rings (SSSR count). The van der Waals surface area contributed by atoms with Crippen molar-refractivity contribution < 1.29 is 4.74 Å². The maximum Gasteiger partial charge on any atom is 0.169 e. The number of rotatable bonds is 6. The molecule has 3 fully saturated rings. The third-order valence-electron chi connectivity index (χ3n) is 6.31. The van der Waals surface area contributed by atoms with Crippen LogP contribution < -0.4 is 0 Å². The summed E-state index contributed by atoms with van der Waals surface area (Å²) >= 11 is 0. The Hall–Kier alpha value is -1.80. The number of hydrogen-bond donors (Lipinski definition) is 0. The van der Waals surface area contributed by atoms with Gasteiger partial charge in [-0.25, -0.2) is 0 Å². The minimum Gasteiger partial charge on any atom is -0.379 e. The Morgan fingerprint density at radius 3 is 2.29 bits per heavy atom. The van der Waals surface area contributed by atoms with Crippen LogP contribution in [-0.2, 0) is 4.74 Å². The number of likely N-dealkylation sites (tertiary alicyclic amines) is 1. The van der Waals surface area contributed by atoms with Crippen LogP contribution in [0.3, 0.4) is 0 Å². The van der Waals surface area contributed by atoms with Gasteiger partial charge < -0.3 is 19.4 Å². The largest absolute Gasteiger partial charge is 0.379 e. The third kappa shape index (κ3) is 4.97. The maximum atomic E-state index is 9.55. The van der Waals surface area contributed by atoms with Gasteiger partial charge in [0, 0.05) is 64.4 Å². The molecule has 3 aliphatic rings. The highest BCUT2D eigenvalue weighted by molar-refractivity contribution is 5.40. The standard InChI is InChI=1S/C21H34N6O/c1-18(2)25-8-4-20(5-9-25)27-11-10-26(21(27)19(16-22)17-23)7-3-6-24-12-14-28-15-13-24/h18,20H,3-15H2,1-2H3. The summed E-state index contributed by atoms with van der Waals surface area (Å²) in [5.41, 5.74) is 0.273. The van der Waals surface area contributed by atoms with E-state index in [0.717, 1.165) is 90.7 Å². The number of morpholine rings is 1. The van der Waals surface area contributed by atoms with Gasteiger partial charge in [0.1, 0.15) is 18.0 Å². The lowest BCUT2D eigenvalue weighted by atomic mass is 10.0. The van der Waals surface area contributed by atoms with Gasteiger partial charge in [-0.1, -0.05) is 0 Å². The van der Waals surface area contributed by atoms with E-state index in [1.165, 1.54) is 0 Å². The van der Waals surface area contributed by atoms with Gasteiger partial charge in [-0.05, 0) is 33.1 Å². The SMILES string of the molecule is CC(C)N1CCC(N2CCN(CCCN3CCOCC3)C2=C(C#N)C#N)CC1. The minimum absolute atomic E-state index is 0.273. The first-order valence-electron chi connectivity index (χ1n) is 10.7. The van der Waals surface area contributed by atoms with Crippen molar-refractivity contribution in [3.63, 3.8) is 0 Å². The average Bonchev–Trinajstić information content (AvgIpc) is 3.14. The van der Waals surface area contributed by atoms with E-state index in [4.69, 9.17) is 4.74 Å². The number of piperidine rings is 1. The molecule has 0 radical (unpaired) electrons. The quantitative estimate of drug-likeness (QED) is 0.640. The second kappa shape index (κ2) is 10.1. The minimum atomic E-state index is 0.273. The van der Waals surface area contributed by atoms with Gasteiger partial charge in [0.2, 0.25) is 0 Å². The molecule has 0 spiro atoms. The monoisotopic (exact) mass is 386 g/mol. The summed E-state index contributed by atoms with van der Waals surface area (Å²) in [4.78, 5) is 9.59. The number of allylic oxidation sites excluding steroid dienone is 1. The summed E-state index contributed by atoms with van der Waals surface area (Å²) in [7, 11) is 0. The van der Waals surface area contributed by atoms with Crippen LogP contribution >= 0.6 is 0 Å². The van der Waals surface area contributed by atoms with Crippen molar-refractivity contribution in [3.05, 3.63) is 11.4 Å². The zero-order chi connectivity index (χ0) is 19.9. The van der Waals surface area contributed by atoms with Gasteiger partial charge in [0.15, 0.2) is 5.57 Å². The zero-order valence-corrected chi connectivity index (χ0v) is 17.4. The molecule has 0 unspecified atom stereocenters. The van der Waals surface area contributed by atoms with E-state index in [9.17, 15) is 10.5 Å². The fourth-order valence-corrected chi connectivity index (χ4v) is 4.65. The van der Waals surface area contributed by atoms with Gasteiger partial charge in [-0.2, -0.15) is 10.5 Å². The van der Waals surface area contributed by atoms with Gasteiger partial charge in [0.05, 0.1) is 13.2 Å². The Bertz CT molecular complexity index is 604. The third-order valence-corrected chi connectivity index (χ3v) is 6.31. The molecule has 0 amide bonds. The fraction of sp³-hybridized carbons (Fsp3) is 0.810. The molecule has 0 aromatic rings. The lowest BCUT2D eigenvalue weighted by molar-refractivity contribution is 0.0365. The van der Waals surface area contributed by atoms with Gasteiger partial charge in [-0.3, -0.25) is 4.90 Å². The Morgan fingerprint density at radius 2 is 1.68 bits per heavy atom. The molecule has 0 saturated carbocycles. The molecular weight excluding hydrogens is 352 g/mol. The van der Waals surface area contributed by atoms with E-state index in [1.54, 1.807) is 0 Å². The second-order valence-electron chi connectivity index (χ2n) is 8.27. The van der Waals surface area contributed by atoms with Gasteiger partial charge in [0.25, 0.3) is 0 Å². The summed E-state index contributed by atoms with van der Waals surface area (Å²) in [6.07, 6.45) is 3.26. The molecule has 0 N–H and O–H groups in total. The summed E-state index contributed by atoms with van der Waals surface area (Å²) in [5, 5.41) is 19.1. The van der Waals surface area contributed by atoms with Crippen LogP contribution in [0.4, 0.5) is 0 Å². The fourth-order valence-electron chi connectivity index (χ4n) is 4.65. The average molecular weight is 387 g/mol. The van der Waals surface area contributed by atoms with Crippen LogP contribution in [0.15, 0.2) is 11.4 Å². The van der Waals surface area contributed by atoms with Crippen LogP contribution in [-0.4, -0.2) is 97.3 Å². The predicted molar refractivity (Wildman–Crippen MR) is 108 cm³/mol. The zero-order valence-electron chi connectivity index (χ0n) is 17.4. The smallest absolute Gasteiger partial charge is 0.169 e. The molecule has 154 valence electrons. The lowest BCUT2D eigenvalue weighted by Crippen LogP contribution is -2.46. The van der Waals surface area contributed by atoms with Crippen molar-refractivity contribution in [1.82, 2.24) is 19.6 Å². The number of hydrogen-bond acceptors (Lipinski definition) is 7. The molecule has 0 aromatic heterocycles. The summed E-state index contributed by atoms with van der Waals surface area (Å²) in [6, 6.07) is 5.33. The Morgan fingerprint density at radius 1 is 1.00 bits per heavy atom. The summed E-state index contributed by atoms with van der Waals surface area (Å²) in [6.45, 7) is 14.1. The number of ether oxygens (including phenoxy) is 1. The Kier molecular flexibility index (Phi) is 7.56. The van der Waals surface area contributed by atoms with Crippen molar-refractivity contribution in [2.45, 2.75) is 45.2 Å². The lowest BCUT2D eigenvalue weighted by Gasteiger charge is -2.40. The molecule has 7 nitrogen and oxygen atoms in total. The second-order valence-corrected chi connectivity index (χ2v) is 8.27. The topological polar surface area (TPSA) is 69.8 Å². The van der Waals surface area contributed by atoms with E-state index in [-0.39, 0.29) is 5.57 Å². The first kappa shape index (κ1) is 20.9. The van der Waals surface area contributed by atoms with E-state index in [0.29, 0.717) is 12.1 Å². The maximum absolute atomic E-state index is 9.55. The van der Waals surface area contributed by atoms with Crippen molar-refractivity contribution in [1.29, 1.82) is 10.5 Å². The molecule has 0 atom stereocenters. The van der Waals surface area contributed by atoms with Crippen LogP contribution in [0.5, 0.6) is 0 Å². The van der Waals surface area contributed by atoms with E-state index < -0.39 is 0 Å². The highest BCUT2D eigenvalue weighted by atomic mass is 16.5. The van der Waals surface area contributed by atoms with E-state index in [1.807, 2.05) is 0 Å². The molecule has 7 heteroatoms. The van der Waals surface area contributed by atoms with Crippen molar-refractivity contribution in [3.8, 4) is 12.1 Å². The molecule has 0 aromatic carbocycles. The van der Waals surface area contributed by atoms with Crippen molar-refractivity contribution in [2.75, 3.05) is 65.6 Å². The summed E-state index contributed by atoms with van der Waals surface area (Å²) in [5.74, 6) is 0.884. The molecule has 3 saturated heterocycles. The number of nitrogens with zero attached hydrogens (tertiary/aromatic N) is 6. The summed E-state index contributed by atoms with van der Waals surface area (Å²) < 4.78 is 5.42. The molecule has 0 bridgehead atoms. The van der Waals surface area contributed by atoms with Gasteiger partial charge in [-0.15, -0.1) is 0 Å². The molecule has 0 aliphatic carbocycles. The normalized spacial score (nSPS) is 22.5. The van der Waals surface area contributed by atoms with Crippen LogP contribution in [0.25, 0.3) is 0 Å². The first-order chi connectivity index (χ1) is 13.6. The molecule has 28 heavy (non-hydrogen) atoms. The Balaban J connectivity index is 1.61. The van der Waals surface area contributed by atoms with Crippen LogP contribution in [0.2, 0.25) is 0 Å². The first-order valence-corrected chi connectivity index (χ1v) is 10.7. The van der Waals surface area contributed by atoms with Gasteiger partial charge >= 0.3 is 0 Å². The van der Waals surface area contributed by atoms with Crippen molar-refractivity contribution >= 4 is 0 Å². The highest BCUT2D eigenvalue weighted by Crippen LogP contribution is 2.29. The molecular formula is C21H34N6O. The van der Waals surface area contributed by atoms with Crippen LogP contribution in [0.1, 0.15) is 33.1 Å². The number of nitriles is 2. The Labute approximate surface area is 169 Å². The predicted octanol–water partition coefficient (Wildman–Crippen LogP) is 1.46.